The van der Waals surface area contributed by atoms with E-state index in [1.807, 2.05) is 18.2 Å². The molecule has 0 unspecified atom stereocenters. The van der Waals surface area contributed by atoms with Gasteiger partial charge in [-0.2, -0.15) is 0 Å². The SMILES string of the molecule is CC(=O)Nc1ccc(CC(=O)N(Cc2ccccn2)c2ccccc2O)cc1. The number of nitrogens with zero attached hydrogens (tertiary/aromatic N) is 2. The normalized spacial score (nSPS) is 10.3. The number of benzene rings is 2. The highest BCUT2D eigenvalue weighted by atomic mass is 16.3. The minimum Gasteiger partial charge on any atom is -0.506 e. The molecule has 142 valence electrons. The summed E-state index contributed by atoms with van der Waals surface area (Å²) >= 11 is 0. The number of anilines is 2. The second kappa shape index (κ2) is 8.81. The molecule has 1 heterocycles. The van der Waals surface area contributed by atoms with E-state index >= 15 is 0 Å². The Bertz CT molecular complexity index is 956. The van der Waals surface area contributed by atoms with Gasteiger partial charge >= 0.3 is 0 Å². The quantitative estimate of drug-likeness (QED) is 0.691. The number of hydrogen-bond acceptors (Lipinski definition) is 4. The van der Waals surface area contributed by atoms with Gasteiger partial charge in [-0.15, -0.1) is 0 Å². The Labute approximate surface area is 163 Å². The summed E-state index contributed by atoms with van der Waals surface area (Å²) in [6.45, 7) is 1.69. The van der Waals surface area contributed by atoms with Crippen molar-refractivity contribution < 1.29 is 14.7 Å². The Morgan fingerprint density at radius 2 is 1.71 bits per heavy atom. The highest BCUT2D eigenvalue weighted by molar-refractivity contribution is 5.96. The van der Waals surface area contributed by atoms with E-state index in [2.05, 4.69) is 10.3 Å². The van der Waals surface area contributed by atoms with Gasteiger partial charge in [0, 0.05) is 18.8 Å². The third-order valence-corrected chi connectivity index (χ3v) is 4.15. The summed E-state index contributed by atoms with van der Waals surface area (Å²) in [4.78, 5) is 30.0. The van der Waals surface area contributed by atoms with Crippen molar-refractivity contribution in [2.45, 2.75) is 19.9 Å². The zero-order valence-corrected chi connectivity index (χ0v) is 15.5. The Morgan fingerprint density at radius 3 is 2.36 bits per heavy atom. The number of amides is 2. The summed E-state index contributed by atoms with van der Waals surface area (Å²) in [5, 5.41) is 12.9. The number of rotatable bonds is 6. The van der Waals surface area contributed by atoms with Gasteiger partial charge in [0.05, 0.1) is 24.3 Å². The Morgan fingerprint density at radius 1 is 1.00 bits per heavy atom. The van der Waals surface area contributed by atoms with Crippen LogP contribution >= 0.6 is 0 Å². The van der Waals surface area contributed by atoms with Crippen LogP contribution in [-0.4, -0.2) is 21.9 Å². The maximum absolute atomic E-state index is 13.0. The lowest BCUT2D eigenvalue weighted by Gasteiger charge is -2.23. The molecule has 1 aromatic heterocycles. The number of carbonyl (C=O) groups is 2. The molecule has 3 rings (SSSR count). The average molecular weight is 375 g/mol. The monoisotopic (exact) mass is 375 g/mol. The summed E-state index contributed by atoms with van der Waals surface area (Å²) in [5.74, 6) is -0.280. The molecule has 2 aromatic carbocycles. The van der Waals surface area contributed by atoms with Crippen molar-refractivity contribution in [3.63, 3.8) is 0 Å². The van der Waals surface area contributed by atoms with Crippen molar-refractivity contribution in [1.82, 2.24) is 4.98 Å². The van der Waals surface area contributed by atoms with Crippen molar-refractivity contribution in [1.29, 1.82) is 0 Å². The van der Waals surface area contributed by atoms with Gasteiger partial charge in [0.25, 0.3) is 0 Å². The smallest absolute Gasteiger partial charge is 0.231 e. The molecule has 0 aliphatic heterocycles. The zero-order valence-electron chi connectivity index (χ0n) is 15.5. The molecule has 2 amide bonds. The molecule has 0 aliphatic rings. The predicted octanol–water partition coefficient (Wildman–Crippen LogP) is 3.52. The van der Waals surface area contributed by atoms with Crippen LogP contribution in [0.4, 0.5) is 11.4 Å². The van der Waals surface area contributed by atoms with E-state index in [9.17, 15) is 14.7 Å². The zero-order chi connectivity index (χ0) is 19.9. The van der Waals surface area contributed by atoms with Gasteiger partial charge in [-0.05, 0) is 42.0 Å². The molecule has 0 saturated carbocycles. The largest absolute Gasteiger partial charge is 0.506 e. The minimum absolute atomic E-state index is 0.0350. The summed E-state index contributed by atoms with van der Waals surface area (Å²) in [6.07, 6.45) is 1.82. The Balaban J connectivity index is 1.82. The number of phenols is 1. The lowest BCUT2D eigenvalue weighted by molar-refractivity contribution is -0.118. The number of para-hydroxylation sites is 2. The van der Waals surface area contributed by atoms with Crippen LogP contribution < -0.4 is 10.2 Å². The molecular weight excluding hydrogens is 354 g/mol. The van der Waals surface area contributed by atoms with Crippen LogP contribution in [0.5, 0.6) is 5.75 Å². The number of nitrogens with one attached hydrogen (secondary N) is 1. The van der Waals surface area contributed by atoms with Crippen molar-refractivity contribution in [3.05, 3.63) is 84.2 Å². The molecule has 0 fully saturated rings. The first-order valence-electron chi connectivity index (χ1n) is 8.88. The van der Waals surface area contributed by atoms with Gasteiger partial charge in [0.15, 0.2) is 0 Å². The number of phenolic OH excluding ortho intramolecular Hbond substituents is 1. The molecule has 0 atom stereocenters. The molecule has 6 nitrogen and oxygen atoms in total. The predicted molar refractivity (Wildman–Crippen MR) is 108 cm³/mol. The summed E-state index contributed by atoms with van der Waals surface area (Å²) in [5.41, 5.74) is 2.64. The summed E-state index contributed by atoms with van der Waals surface area (Å²) < 4.78 is 0. The van der Waals surface area contributed by atoms with E-state index in [1.54, 1.807) is 54.7 Å². The van der Waals surface area contributed by atoms with Gasteiger partial charge in [-0.3, -0.25) is 14.6 Å². The van der Waals surface area contributed by atoms with Gasteiger partial charge in [0.1, 0.15) is 5.75 Å². The highest BCUT2D eigenvalue weighted by Crippen LogP contribution is 2.28. The van der Waals surface area contributed by atoms with Gasteiger partial charge in [-0.1, -0.05) is 30.3 Å². The minimum atomic E-state index is -0.167. The first kappa shape index (κ1) is 19.1. The van der Waals surface area contributed by atoms with Crippen molar-refractivity contribution in [2.75, 3.05) is 10.2 Å². The van der Waals surface area contributed by atoms with Crippen molar-refractivity contribution in [2.24, 2.45) is 0 Å². The molecule has 0 aliphatic carbocycles. The number of aromatic hydroxyl groups is 1. The van der Waals surface area contributed by atoms with E-state index in [4.69, 9.17) is 0 Å². The molecule has 0 saturated heterocycles. The summed E-state index contributed by atoms with van der Waals surface area (Å²) in [6, 6.07) is 19.4. The van der Waals surface area contributed by atoms with Crippen LogP contribution in [-0.2, 0) is 22.6 Å². The summed E-state index contributed by atoms with van der Waals surface area (Å²) in [7, 11) is 0. The molecular formula is C22H21N3O3. The highest BCUT2D eigenvalue weighted by Gasteiger charge is 2.20. The molecule has 0 radical (unpaired) electrons. The molecule has 6 heteroatoms. The Hall–Kier alpha value is -3.67. The fourth-order valence-electron chi connectivity index (χ4n) is 2.83. The van der Waals surface area contributed by atoms with Crippen molar-refractivity contribution >= 4 is 23.2 Å². The van der Waals surface area contributed by atoms with E-state index < -0.39 is 0 Å². The number of aromatic nitrogens is 1. The molecule has 2 N–H and O–H groups in total. The third-order valence-electron chi connectivity index (χ3n) is 4.15. The standard InChI is InChI=1S/C22H21N3O3/c1-16(26)24-18-11-9-17(10-12-18)14-22(28)25(15-19-6-4-5-13-23-19)20-7-2-3-8-21(20)27/h2-13,27H,14-15H2,1H3,(H,24,26). The molecule has 0 bridgehead atoms. The van der Waals surface area contributed by atoms with E-state index in [0.29, 0.717) is 11.4 Å². The Kier molecular flexibility index (Phi) is 6.01. The van der Waals surface area contributed by atoms with Gasteiger partial charge in [-0.25, -0.2) is 0 Å². The van der Waals surface area contributed by atoms with E-state index in [-0.39, 0.29) is 30.5 Å². The number of carbonyl (C=O) groups excluding carboxylic acids is 2. The number of hydrogen-bond donors (Lipinski definition) is 2. The first-order valence-corrected chi connectivity index (χ1v) is 8.88. The van der Waals surface area contributed by atoms with Crippen LogP contribution in [0.25, 0.3) is 0 Å². The number of pyridine rings is 1. The van der Waals surface area contributed by atoms with Crippen LogP contribution in [0.3, 0.4) is 0 Å². The van der Waals surface area contributed by atoms with Crippen molar-refractivity contribution in [3.8, 4) is 5.75 Å². The first-order chi connectivity index (χ1) is 13.5. The second-order valence-corrected chi connectivity index (χ2v) is 6.34. The fourth-order valence-corrected chi connectivity index (χ4v) is 2.83. The van der Waals surface area contributed by atoms with Crippen LogP contribution in [0.1, 0.15) is 18.2 Å². The molecule has 3 aromatic rings. The lowest BCUT2D eigenvalue weighted by atomic mass is 10.1. The van der Waals surface area contributed by atoms with E-state index in [1.165, 1.54) is 11.8 Å². The van der Waals surface area contributed by atoms with Crippen LogP contribution in [0.15, 0.2) is 72.9 Å². The molecule has 0 spiro atoms. The third kappa shape index (κ3) is 4.94. The lowest BCUT2D eigenvalue weighted by Crippen LogP contribution is -2.32. The van der Waals surface area contributed by atoms with Gasteiger partial charge < -0.3 is 15.3 Å². The van der Waals surface area contributed by atoms with Gasteiger partial charge in [0.2, 0.25) is 11.8 Å². The maximum Gasteiger partial charge on any atom is 0.231 e. The second-order valence-electron chi connectivity index (χ2n) is 6.34. The fraction of sp³-hybridized carbons (Fsp3) is 0.136. The van der Waals surface area contributed by atoms with Crippen LogP contribution in [0.2, 0.25) is 0 Å². The van der Waals surface area contributed by atoms with E-state index in [0.717, 1.165) is 11.3 Å². The topological polar surface area (TPSA) is 82.5 Å². The molecule has 28 heavy (non-hydrogen) atoms. The maximum atomic E-state index is 13.0. The van der Waals surface area contributed by atoms with Crippen LogP contribution in [0, 0.1) is 0 Å². The average Bonchev–Trinajstić information content (AvgIpc) is 2.69.